The van der Waals surface area contributed by atoms with Crippen LogP contribution < -0.4 is 17.0 Å². The second-order valence-electron chi connectivity index (χ2n) is 5.83. The van der Waals surface area contributed by atoms with Crippen LogP contribution in [0, 0.1) is 5.92 Å². The van der Waals surface area contributed by atoms with E-state index in [9.17, 15) is 9.59 Å². The highest BCUT2D eigenvalue weighted by molar-refractivity contribution is 5.71. The fraction of sp³-hybridized carbons (Fsp3) is 0.667. The zero-order valence-electron chi connectivity index (χ0n) is 13.8. The Hall–Kier alpha value is -1.89. The van der Waals surface area contributed by atoms with Crippen molar-refractivity contribution in [1.82, 2.24) is 18.7 Å². The summed E-state index contributed by atoms with van der Waals surface area (Å²) in [7, 11) is 0. The molecule has 0 aliphatic rings. The van der Waals surface area contributed by atoms with Crippen molar-refractivity contribution in [3.63, 3.8) is 0 Å². The number of rotatable bonds is 6. The molecule has 0 radical (unpaired) electrons. The average molecular weight is 307 g/mol. The fourth-order valence-electron chi connectivity index (χ4n) is 2.78. The maximum Gasteiger partial charge on any atom is 0.332 e. The Labute approximate surface area is 129 Å². The highest BCUT2D eigenvalue weighted by Gasteiger charge is 2.20. The highest BCUT2D eigenvalue weighted by atomic mass is 16.2. The number of nitrogens with two attached hydrogens (primary N) is 1. The lowest BCUT2D eigenvalue weighted by Gasteiger charge is -2.13. The summed E-state index contributed by atoms with van der Waals surface area (Å²) in [4.78, 5) is 29.8. The van der Waals surface area contributed by atoms with Crippen LogP contribution in [0.2, 0.25) is 0 Å². The van der Waals surface area contributed by atoms with Crippen LogP contribution in [0.25, 0.3) is 11.2 Å². The number of hydrogen-bond donors (Lipinski definition) is 1. The molecule has 0 saturated carbocycles. The molecule has 2 aromatic rings. The molecular weight excluding hydrogens is 282 g/mol. The number of nitrogens with zero attached hydrogens (tertiary/aromatic N) is 4. The number of aromatic nitrogens is 4. The number of fused-ring (bicyclic) bond motifs is 1. The molecule has 7 nitrogen and oxygen atoms in total. The summed E-state index contributed by atoms with van der Waals surface area (Å²) in [6.45, 7) is 9.70. The first-order valence-corrected chi connectivity index (χ1v) is 7.88. The lowest BCUT2D eigenvalue weighted by molar-refractivity contribution is 0.491. The first-order valence-electron chi connectivity index (χ1n) is 7.88. The van der Waals surface area contributed by atoms with E-state index in [0.717, 1.165) is 5.82 Å². The maximum absolute atomic E-state index is 12.7. The maximum atomic E-state index is 12.7. The van der Waals surface area contributed by atoms with Gasteiger partial charge >= 0.3 is 5.69 Å². The molecule has 2 heterocycles. The molecule has 2 aromatic heterocycles. The van der Waals surface area contributed by atoms with Crippen molar-refractivity contribution in [2.24, 2.45) is 11.7 Å². The molecule has 0 amide bonds. The van der Waals surface area contributed by atoms with Crippen LogP contribution in [0.15, 0.2) is 9.59 Å². The number of hydrogen-bond acceptors (Lipinski definition) is 4. The quantitative estimate of drug-likeness (QED) is 0.844. The van der Waals surface area contributed by atoms with Gasteiger partial charge in [-0.1, -0.05) is 20.8 Å². The van der Waals surface area contributed by atoms with E-state index in [2.05, 4.69) is 4.98 Å². The molecule has 0 aromatic carbocycles. The zero-order valence-corrected chi connectivity index (χ0v) is 13.8. The Bertz CT molecular complexity index is 782. The van der Waals surface area contributed by atoms with Gasteiger partial charge in [0.15, 0.2) is 11.2 Å². The molecule has 2 N–H and O–H groups in total. The van der Waals surface area contributed by atoms with E-state index in [-0.39, 0.29) is 17.2 Å². The van der Waals surface area contributed by atoms with Crippen molar-refractivity contribution < 1.29 is 0 Å². The van der Waals surface area contributed by atoms with Crippen LogP contribution in [0.4, 0.5) is 0 Å². The molecule has 0 unspecified atom stereocenters. The van der Waals surface area contributed by atoms with Crippen molar-refractivity contribution in [3.05, 3.63) is 26.7 Å². The van der Waals surface area contributed by atoms with Gasteiger partial charge in [0.05, 0.1) is 0 Å². The van der Waals surface area contributed by atoms with Crippen LogP contribution in [0.3, 0.4) is 0 Å². The smallest absolute Gasteiger partial charge is 0.329 e. The summed E-state index contributed by atoms with van der Waals surface area (Å²) >= 11 is 0. The van der Waals surface area contributed by atoms with Crippen LogP contribution in [0.1, 0.15) is 33.5 Å². The third-order valence-electron chi connectivity index (χ3n) is 3.73. The fourth-order valence-corrected chi connectivity index (χ4v) is 2.78. The van der Waals surface area contributed by atoms with E-state index in [1.807, 2.05) is 25.3 Å². The summed E-state index contributed by atoms with van der Waals surface area (Å²) in [5.74, 6) is 1.08. The summed E-state index contributed by atoms with van der Waals surface area (Å²) in [5.41, 5.74) is 6.09. The number of imidazole rings is 1. The van der Waals surface area contributed by atoms with E-state index in [4.69, 9.17) is 5.73 Å². The Morgan fingerprint density at radius 2 is 1.82 bits per heavy atom. The standard InChI is InChI=1S/C15H25N5O2/c1-5-11-17-13-12(19(11)8-7-16)14(21)18(6-2)15(22)20(13)9-10(3)4/h10H,5-9,16H2,1-4H3. The highest BCUT2D eigenvalue weighted by Crippen LogP contribution is 2.13. The Balaban J connectivity index is 2.94. The van der Waals surface area contributed by atoms with Crippen molar-refractivity contribution in [3.8, 4) is 0 Å². The minimum Gasteiger partial charge on any atom is -0.329 e. The van der Waals surface area contributed by atoms with Gasteiger partial charge < -0.3 is 10.3 Å². The van der Waals surface area contributed by atoms with E-state index in [1.165, 1.54) is 4.57 Å². The summed E-state index contributed by atoms with van der Waals surface area (Å²) in [6.07, 6.45) is 0.691. The molecule has 2 rings (SSSR count). The average Bonchev–Trinajstić information content (AvgIpc) is 2.83. The summed E-state index contributed by atoms with van der Waals surface area (Å²) in [6, 6.07) is 0. The minimum absolute atomic E-state index is 0.275. The molecule has 22 heavy (non-hydrogen) atoms. The second-order valence-corrected chi connectivity index (χ2v) is 5.83. The Morgan fingerprint density at radius 3 is 2.32 bits per heavy atom. The summed E-state index contributed by atoms with van der Waals surface area (Å²) < 4.78 is 4.76. The van der Waals surface area contributed by atoms with Gasteiger partial charge in [0.2, 0.25) is 0 Å². The molecule has 0 fully saturated rings. The van der Waals surface area contributed by atoms with Crippen molar-refractivity contribution in [1.29, 1.82) is 0 Å². The van der Waals surface area contributed by atoms with E-state index in [0.29, 0.717) is 43.8 Å². The second kappa shape index (κ2) is 6.48. The monoisotopic (exact) mass is 307 g/mol. The van der Waals surface area contributed by atoms with Crippen LogP contribution >= 0.6 is 0 Å². The number of aryl methyl sites for hydroxylation is 1. The Kier molecular flexibility index (Phi) is 4.85. The predicted molar refractivity (Wildman–Crippen MR) is 87.2 cm³/mol. The van der Waals surface area contributed by atoms with Crippen molar-refractivity contribution in [2.75, 3.05) is 6.54 Å². The zero-order chi connectivity index (χ0) is 16.4. The van der Waals surface area contributed by atoms with Crippen molar-refractivity contribution >= 4 is 11.2 Å². The lowest BCUT2D eigenvalue weighted by Crippen LogP contribution is -2.41. The third kappa shape index (κ3) is 2.61. The molecule has 122 valence electrons. The molecule has 0 aliphatic heterocycles. The SMILES string of the molecule is CCc1nc2c(c(=O)n(CC)c(=O)n2CC(C)C)n1CCN. The van der Waals surface area contributed by atoms with Crippen LogP contribution in [-0.4, -0.2) is 25.2 Å². The van der Waals surface area contributed by atoms with Gasteiger partial charge in [-0.25, -0.2) is 9.78 Å². The minimum atomic E-state index is -0.284. The summed E-state index contributed by atoms with van der Waals surface area (Å²) in [5, 5.41) is 0. The predicted octanol–water partition coefficient (Wildman–Crippen LogP) is 0.557. The lowest BCUT2D eigenvalue weighted by atomic mass is 10.2. The molecule has 0 atom stereocenters. The topological polar surface area (TPSA) is 87.8 Å². The molecule has 0 spiro atoms. The normalized spacial score (nSPS) is 11.7. The van der Waals surface area contributed by atoms with Gasteiger partial charge in [-0.2, -0.15) is 0 Å². The molecule has 0 aliphatic carbocycles. The van der Waals surface area contributed by atoms with Gasteiger partial charge in [-0.05, 0) is 12.8 Å². The van der Waals surface area contributed by atoms with Crippen LogP contribution in [0.5, 0.6) is 0 Å². The molecular formula is C15H25N5O2. The van der Waals surface area contributed by atoms with Crippen molar-refractivity contribution in [2.45, 2.75) is 53.8 Å². The molecule has 0 bridgehead atoms. The van der Waals surface area contributed by atoms with Gasteiger partial charge in [-0.3, -0.25) is 13.9 Å². The van der Waals surface area contributed by atoms with Gasteiger partial charge in [0, 0.05) is 32.6 Å². The van der Waals surface area contributed by atoms with Gasteiger partial charge in [0.1, 0.15) is 5.82 Å². The van der Waals surface area contributed by atoms with Crippen LogP contribution in [-0.2, 0) is 26.1 Å². The molecule has 0 saturated heterocycles. The first kappa shape index (κ1) is 16.5. The molecule has 7 heteroatoms. The third-order valence-corrected chi connectivity index (χ3v) is 3.73. The van der Waals surface area contributed by atoms with Gasteiger partial charge in [0.25, 0.3) is 5.56 Å². The Morgan fingerprint density at radius 1 is 1.14 bits per heavy atom. The van der Waals surface area contributed by atoms with Gasteiger partial charge in [-0.15, -0.1) is 0 Å². The van der Waals surface area contributed by atoms with E-state index < -0.39 is 0 Å². The first-order chi connectivity index (χ1) is 10.5. The van der Waals surface area contributed by atoms with E-state index >= 15 is 0 Å². The van der Waals surface area contributed by atoms with E-state index in [1.54, 1.807) is 11.5 Å². The largest absolute Gasteiger partial charge is 0.332 e.